The Bertz CT molecular complexity index is 123. The van der Waals surface area contributed by atoms with Gasteiger partial charge in [0.15, 0.2) is 6.26 Å². The van der Waals surface area contributed by atoms with Gasteiger partial charge in [-0.15, -0.1) is 0 Å². The van der Waals surface area contributed by atoms with Crippen LogP contribution in [0.3, 0.4) is 0 Å². The second-order valence-electron chi connectivity index (χ2n) is 1.25. The van der Waals surface area contributed by atoms with Gasteiger partial charge in [-0.2, -0.15) is 0 Å². The smallest absolute Gasteiger partial charge is 0.173 e. The first-order chi connectivity index (χ1) is 3.43. The van der Waals surface area contributed by atoms with Gasteiger partial charge in [0.2, 0.25) is 0 Å². The molecule has 0 saturated heterocycles. The molecule has 0 aliphatic heterocycles. The molecular weight excluding hydrogens is 90.1 g/mol. The maximum absolute atomic E-state index is 5.20. The van der Waals surface area contributed by atoms with Crippen molar-refractivity contribution in [3.63, 3.8) is 0 Å². The maximum Gasteiger partial charge on any atom is 0.173 e. The summed E-state index contributed by atoms with van der Waals surface area (Å²) < 4.78 is 4.60. The zero-order chi connectivity index (χ0) is 5.11. The molecule has 0 aliphatic rings. The molecule has 0 bridgehead atoms. The van der Waals surface area contributed by atoms with E-state index in [4.69, 9.17) is 5.73 Å². The van der Waals surface area contributed by atoms with E-state index in [0.29, 0.717) is 6.54 Å². The molecule has 1 rings (SSSR count). The topological polar surface area (TPSA) is 39.2 Å². The average molecular weight is 96.1 g/mol. The summed E-state index contributed by atoms with van der Waals surface area (Å²) in [7, 11) is 0. The van der Waals surface area contributed by atoms with Crippen LogP contribution in [-0.2, 0) is 6.54 Å². The molecule has 2 N–H and O–H groups in total. The van der Waals surface area contributed by atoms with Crippen LogP contribution in [0.5, 0.6) is 0 Å². The zero-order valence-corrected chi connectivity index (χ0v) is 3.85. The van der Waals surface area contributed by atoms with E-state index in [0.717, 1.165) is 5.56 Å². The highest BCUT2D eigenvalue weighted by atomic mass is 16.3. The lowest BCUT2D eigenvalue weighted by atomic mass is 10.4. The molecule has 1 radical (unpaired) electrons. The third-order valence-electron chi connectivity index (χ3n) is 0.747. The lowest BCUT2D eigenvalue weighted by Crippen LogP contribution is -1.92. The van der Waals surface area contributed by atoms with Crippen molar-refractivity contribution in [2.24, 2.45) is 5.73 Å². The average Bonchev–Trinajstić information content (AvgIpc) is 2.14. The highest BCUT2D eigenvalue weighted by Crippen LogP contribution is 1.94. The van der Waals surface area contributed by atoms with Crippen LogP contribution >= 0.6 is 0 Å². The first-order valence-electron chi connectivity index (χ1n) is 2.07. The molecule has 1 heterocycles. The molecule has 0 atom stereocenters. The number of rotatable bonds is 1. The minimum Gasteiger partial charge on any atom is -0.461 e. The van der Waals surface area contributed by atoms with Crippen LogP contribution < -0.4 is 5.73 Å². The van der Waals surface area contributed by atoms with Gasteiger partial charge in [-0.05, 0) is 6.07 Å². The van der Waals surface area contributed by atoms with E-state index < -0.39 is 0 Å². The summed E-state index contributed by atoms with van der Waals surface area (Å²) >= 11 is 0. The van der Waals surface area contributed by atoms with Crippen molar-refractivity contribution in [1.82, 2.24) is 0 Å². The standard InChI is InChI=1S/C5H6NO/c6-3-5-1-2-7-4-5/h1-2H,3,6H2. The molecule has 2 heteroatoms. The van der Waals surface area contributed by atoms with Gasteiger partial charge in [-0.3, -0.25) is 0 Å². The highest BCUT2D eigenvalue weighted by Gasteiger charge is 1.85. The summed E-state index contributed by atoms with van der Waals surface area (Å²) in [4.78, 5) is 0. The number of furan rings is 1. The van der Waals surface area contributed by atoms with Crippen molar-refractivity contribution in [1.29, 1.82) is 0 Å². The van der Waals surface area contributed by atoms with Crippen LogP contribution in [0.15, 0.2) is 16.7 Å². The number of hydrogen-bond donors (Lipinski definition) is 1. The Labute approximate surface area is 41.9 Å². The minimum atomic E-state index is 0.510. The van der Waals surface area contributed by atoms with Crippen molar-refractivity contribution in [2.75, 3.05) is 0 Å². The van der Waals surface area contributed by atoms with Crippen molar-refractivity contribution in [3.8, 4) is 0 Å². The minimum absolute atomic E-state index is 0.510. The third kappa shape index (κ3) is 0.810. The second-order valence-corrected chi connectivity index (χ2v) is 1.25. The van der Waals surface area contributed by atoms with E-state index in [2.05, 4.69) is 10.7 Å². The molecule has 37 valence electrons. The first-order valence-corrected chi connectivity index (χ1v) is 2.07. The summed E-state index contributed by atoms with van der Waals surface area (Å²) in [5.74, 6) is 0. The van der Waals surface area contributed by atoms with Crippen LogP contribution in [0.4, 0.5) is 0 Å². The van der Waals surface area contributed by atoms with Crippen LogP contribution in [0, 0.1) is 6.26 Å². The largest absolute Gasteiger partial charge is 0.461 e. The fourth-order valence-corrected chi connectivity index (χ4v) is 0.370. The Balaban J connectivity index is 2.76. The number of nitrogens with two attached hydrogens (primary N) is 1. The summed E-state index contributed by atoms with van der Waals surface area (Å²) in [6.45, 7) is 0.510. The van der Waals surface area contributed by atoms with Gasteiger partial charge in [0.25, 0.3) is 0 Å². The molecule has 0 amide bonds. The first kappa shape index (κ1) is 4.40. The Hall–Kier alpha value is -0.760. The second kappa shape index (κ2) is 1.80. The van der Waals surface area contributed by atoms with Crippen LogP contribution in [0.2, 0.25) is 0 Å². The van der Waals surface area contributed by atoms with Gasteiger partial charge < -0.3 is 10.2 Å². The summed E-state index contributed by atoms with van der Waals surface area (Å²) in [5, 5.41) is 0. The van der Waals surface area contributed by atoms with E-state index in [1.807, 2.05) is 0 Å². The van der Waals surface area contributed by atoms with Crippen molar-refractivity contribution in [3.05, 3.63) is 24.2 Å². The lowest BCUT2D eigenvalue weighted by Gasteiger charge is -1.76. The normalized spacial score (nSPS) is 9.29. The van der Waals surface area contributed by atoms with Gasteiger partial charge >= 0.3 is 0 Å². The Kier molecular flexibility index (Phi) is 1.13. The number of hydrogen-bond acceptors (Lipinski definition) is 2. The van der Waals surface area contributed by atoms with Gasteiger partial charge in [-0.25, -0.2) is 0 Å². The van der Waals surface area contributed by atoms with Crippen molar-refractivity contribution in [2.45, 2.75) is 6.54 Å². The summed E-state index contributed by atoms with van der Waals surface area (Å²) in [6, 6.07) is 1.79. The molecule has 0 fully saturated rings. The molecule has 0 saturated carbocycles. The molecule has 2 nitrogen and oxygen atoms in total. The molecule has 0 aliphatic carbocycles. The van der Waals surface area contributed by atoms with Gasteiger partial charge in [-0.1, -0.05) is 0 Å². The quantitative estimate of drug-likeness (QED) is 0.554. The molecule has 1 aromatic heterocycles. The predicted molar refractivity (Wildman–Crippen MR) is 25.4 cm³/mol. The molecule has 0 spiro atoms. The highest BCUT2D eigenvalue weighted by molar-refractivity contribution is 5.01. The molecule has 0 aromatic carbocycles. The fourth-order valence-electron chi connectivity index (χ4n) is 0.370. The zero-order valence-electron chi connectivity index (χ0n) is 3.85. The maximum atomic E-state index is 5.20. The summed E-state index contributed by atoms with van der Waals surface area (Å²) in [6.07, 6.45) is 4.14. The van der Waals surface area contributed by atoms with E-state index in [1.54, 1.807) is 12.3 Å². The monoisotopic (exact) mass is 96.0 g/mol. The van der Waals surface area contributed by atoms with E-state index in [1.165, 1.54) is 0 Å². The van der Waals surface area contributed by atoms with E-state index >= 15 is 0 Å². The van der Waals surface area contributed by atoms with Gasteiger partial charge in [0, 0.05) is 12.1 Å². The summed E-state index contributed by atoms with van der Waals surface area (Å²) in [5.41, 5.74) is 6.12. The SMILES string of the molecule is NCc1[c]occ1. The predicted octanol–water partition coefficient (Wildman–Crippen LogP) is 0.538. The lowest BCUT2D eigenvalue weighted by molar-refractivity contribution is 0.554. The fraction of sp³-hybridized carbons (Fsp3) is 0.200. The molecular formula is C5H6NO. The van der Waals surface area contributed by atoms with Crippen LogP contribution in [0.25, 0.3) is 0 Å². The van der Waals surface area contributed by atoms with Crippen molar-refractivity contribution >= 4 is 0 Å². The Morgan fingerprint density at radius 2 is 2.71 bits per heavy atom. The van der Waals surface area contributed by atoms with Gasteiger partial charge in [0.05, 0.1) is 6.26 Å². The molecule has 7 heavy (non-hydrogen) atoms. The Morgan fingerprint density at radius 3 is 3.00 bits per heavy atom. The Morgan fingerprint density at radius 1 is 1.86 bits per heavy atom. The van der Waals surface area contributed by atoms with E-state index in [9.17, 15) is 0 Å². The van der Waals surface area contributed by atoms with Crippen molar-refractivity contribution < 1.29 is 4.42 Å². The third-order valence-corrected chi connectivity index (χ3v) is 0.747. The molecule has 1 aromatic rings. The van der Waals surface area contributed by atoms with Crippen LogP contribution in [0.1, 0.15) is 5.56 Å². The van der Waals surface area contributed by atoms with E-state index in [-0.39, 0.29) is 0 Å². The molecule has 0 unspecified atom stereocenters. The van der Waals surface area contributed by atoms with Crippen LogP contribution in [-0.4, -0.2) is 0 Å². The van der Waals surface area contributed by atoms with Gasteiger partial charge in [0.1, 0.15) is 0 Å².